The number of nitrogens with one attached hydrogen (secondary N) is 1. The van der Waals surface area contributed by atoms with E-state index >= 15 is 0 Å². The Morgan fingerprint density at radius 2 is 1.75 bits per heavy atom. The summed E-state index contributed by atoms with van der Waals surface area (Å²) >= 11 is 1.45. The molecule has 9 heteroatoms. The minimum absolute atomic E-state index is 0.0274. The quantitative estimate of drug-likeness (QED) is 0.644. The van der Waals surface area contributed by atoms with Crippen LogP contribution in [-0.2, 0) is 9.59 Å². The van der Waals surface area contributed by atoms with E-state index in [1.807, 2.05) is 43.9 Å². The van der Waals surface area contributed by atoms with E-state index in [0.29, 0.717) is 44.4 Å². The summed E-state index contributed by atoms with van der Waals surface area (Å²) in [7, 11) is 0. The molecule has 1 aliphatic carbocycles. The number of amides is 2. The molecule has 1 aromatic carbocycles. The Bertz CT molecular complexity index is 943. The number of carbonyl (C=O) groups excluding carboxylic acids is 2. The summed E-state index contributed by atoms with van der Waals surface area (Å²) in [6.45, 7) is 9.00. The predicted octanol–water partition coefficient (Wildman–Crippen LogP) is 2.30. The molecule has 1 N–H and O–H groups in total. The minimum Gasteiger partial charge on any atom is -0.350 e. The first-order chi connectivity index (χ1) is 15.3. The molecule has 1 saturated heterocycles. The highest BCUT2D eigenvalue weighted by Crippen LogP contribution is 2.41. The van der Waals surface area contributed by atoms with Crippen molar-refractivity contribution in [1.29, 1.82) is 0 Å². The van der Waals surface area contributed by atoms with Gasteiger partial charge in [0.05, 0.1) is 12.3 Å². The van der Waals surface area contributed by atoms with Gasteiger partial charge in [-0.1, -0.05) is 30.0 Å². The third-order valence-electron chi connectivity index (χ3n) is 5.55. The fraction of sp³-hybridized carbons (Fsp3) is 0.565. The molecular formula is C23H32N6O2S. The van der Waals surface area contributed by atoms with Gasteiger partial charge in [0.15, 0.2) is 5.16 Å². The van der Waals surface area contributed by atoms with Gasteiger partial charge < -0.3 is 10.2 Å². The third kappa shape index (κ3) is 5.89. The highest BCUT2D eigenvalue weighted by atomic mass is 32.2. The van der Waals surface area contributed by atoms with Crippen LogP contribution in [0.25, 0.3) is 5.69 Å². The van der Waals surface area contributed by atoms with E-state index in [-0.39, 0.29) is 17.4 Å². The van der Waals surface area contributed by atoms with Crippen molar-refractivity contribution in [2.45, 2.75) is 50.2 Å². The molecule has 0 radical (unpaired) electrons. The Morgan fingerprint density at radius 3 is 2.38 bits per heavy atom. The van der Waals surface area contributed by atoms with Gasteiger partial charge in [0, 0.05) is 43.3 Å². The number of para-hydroxylation sites is 1. The zero-order valence-electron chi connectivity index (χ0n) is 19.1. The van der Waals surface area contributed by atoms with Crippen LogP contribution in [-0.4, -0.2) is 80.4 Å². The van der Waals surface area contributed by atoms with E-state index in [2.05, 4.69) is 37.1 Å². The number of nitrogens with zero attached hydrogens (tertiary/aromatic N) is 5. The second-order valence-corrected chi connectivity index (χ2v) is 10.5. The SMILES string of the molecule is CC(C)(C)NC(=O)CN1CCN(C(=O)CSc2nnc(C3CC3)n2-c2ccccc2)CC1. The molecule has 1 aromatic heterocycles. The number of carbonyl (C=O) groups is 2. The maximum atomic E-state index is 12.8. The van der Waals surface area contributed by atoms with Crippen molar-refractivity contribution in [3.63, 3.8) is 0 Å². The Labute approximate surface area is 193 Å². The minimum atomic E-state index is -0.230. The maximum Gasteiger partial charge on any atom is 0.234 e. The van der Waals surface area contributed by atoms with Gasteiger partial charge in [0.25, 0.3) is 0 Å². The number of thioether (sulfide) groups is 1. The van der Waals surface area contributed by atoms with Crippen molar-refractivity contribution in [3.05, 3.63) is 36.2 Å². The average Bonchev–Trinajstić information content (AvgIpc) is 3.51. The molecule has 8 nitrogen and oxygen atoms in total. The maximum absolute atomic E-state index is 12.8. The predicted molar refractivity (Wildman–Crippen MR) is 125 cm³/mol. The van der Waals surface area contributed by atoms with Crippen LogP contribution in [0.4, 0.5) is 0 Å². The fourth-order valence-corrected chi connectivity index (χ4v) is 4.70. The van der Waals surface area contributed by atoms with Crippen molar-refractivity contribution >= 4 is 23.6 Å². The van der Waals surface area contributed by atoms with Gasteiger partial charge in [0.1, 0.15) is 5.82 Å². The van der Waals surface area contributed by atoms with E-state index in [1.54, 1.807) is 0 Å². The second kappa shape index (κ2) is 9.62. The summed E-state index contributed by atoms with van der Waals surface area (Å²) < 4.78 is 2.10. The fourth-order valence-electron chi connectivity index (χ4n) is 3.83. The first-order valence-corrected chi connectivity index (χ1v) is 12.2. The zero-order valence-corrected chi connectivity index (χ0v) is 19.9. The normalized spacial score (nSPS) is 17.4. The highest BCUT2D eigenvalue weighted by molar-refractivity contribution is 7.99. The van der Waals surface area contributed by atoms with E-state index < -0.39 is 0 Å². The van der Waals surface area contributed by atoms with Crippen molar-refractivity contribution in [3.8, 4) is 5.69 Å². The number of benzene rings is 1. The summed E-state index contributed by atoms with van der Waals surface area (Å²) in [5.41, 5.74) is 0.808. The lowest BCUT2D eigenvalue weighted by atomic mass is 10.1. The lowest BCUT2D eigenvalue weighted by molar-refractivity contribution is -0.130. The lowest BCUT2D eigenvalue weighted by Gasteiger charge is -2.34. The van der Waals surface area contributed by atoms with E-state index in [9.17, 15) is 9.59 Å². The second-order valence-electron chi connectivity index (χ2n) is 9.53. The van der Waals surface area contributed by atoms with Gasteiger partial charge in [0.2, 0.25) is 11.8 Å². The molecule has 0 atom stereocenters. The molecule has 0 unspecified atom stereocenters. The molecule has 2 amide bonds. The van der Waals surface area contributed by atoms with Crippen LogP contribution in [0.3, 0.4) is 0 Å². The molecule has 2 fully saturated rings. The van der Waals surface area contributed by atoms with Gasteiger partial charge in [-0.15, -0.1) is 10.2 Å². The first kappa shape index (κ1) is 22.8. The van der Waals surface area contributed by atoms with Gasteiger partial charge >= 0.3 is 0 Å². The summed E-state index contributed by atoms with van der Waals surface area (Å²) in [5, 5.41) is 12.6. The third-order valence-corrected chi connectivity index (χ3v) is 6.46. The monoisotopic (exact) mass is 456 g/mol. The largest absolute Gasteiger partial charge is 0.350 e. The molecule has 2 heterocycles. The molecule has 2 aliphatic rings. The number of hydrogen-bond donors (Lipinski definition) is 1. The van der Waals surface area contributed by atoms with Crippen molar-refractivity contribution in [2.24, 2.45) is 0 Å². The standard InChI is InChI=1S/C23H32N6O2S/c1-23(2,3)24-19(30)15-27-11-13-28(14-12-27)20(31)16-32-22-26-25-21(17-9-10-17)29(22)18-7-5-4-6-8-18/h4-8,17H,9-16H2,1-3H3,(H,24,30). The summed E-state index contributed by atoms with van der Waals surface area (Å²) in [5.74, 6) is 1.92. The Kier molecular flexibility index (Phi) is 6.85. The molecule has 32 heavy (non-hydrogen) atoms. The van der Waals surface area contributed by atoms with Gasteiger partial charge in [-0.2, -0.15) is 0 Å². The highest BCUT2D eigenvalue weighted by Gasteiger charge is 2.31. The molecule has 1 saturated carbocycles. The Morgan fingerprint density at radius 1 is 1.06 bits per heavy atom. The number of aromatic nitrogens is 3. The van der Waals surface area contributed by atoms with E-state index in [1.165, 1.54) is 11.8 Å². The molecular weight excluding hydrogens is 424 g/mol. The Hall–Kier alpha value is -2.39. The van der Waals surface area contributed by atoms with Crippen LogP contribution < -0.4 is 5.32 Å². The van der Waals surface area contributed by atoms with Gasteiger partial charge in [-0.3, -0.25) is 19.1 Å². The topological polar surface area (TPSA) is 83.4 Å². The van der Waals surface area contributed by atoms with Crippen LogP contribution in [0.15, 0.2) is 35.5 Å². The molecule has 0 bridgehead atoms. The zero-order chi connectivity index (χ0) is 22.7. The molecule has 4 rings (SSSR count). The van der Waals surface area contributed by atoms with Crippen LogP contribution in [0, 0.1) is 0 Å². The number of rotatable bonds is 7. The van der Waals surface area contributed by atoms with Crippen LogP contribution in [0.5, 0.6) is 0 Å². The van der Waals surface area contributed by atoms with Crippen molar-refractivity contribution in [1.82, 2.24) is 29.9 Å². The van der Waals surface area contributed by atoms with Crippen LogP contribution in [0.1, 0.15) is 45.4 Å². The van der Waals surface area contributed by atoms with Crippen molar-refractivity contribution < 1.29 is 9.59 Å². The lowest BCUT2D eigenvalue weighted by Crippen LogP contribution is -2.53. The van der Waals surface area contributed by atoms with Crippen LogP contribution in [0.2, 0.25) is 0 Å². The smallest absolute Gasteiger partial charge is 0.234 e. The molecule has 0 spiro atoms. The summed E-state index contributed by atoms with van der Waals surface area (Å²) in [6.07, 6.45) is 2.29. The molecule has 172 valence electrons. The first-order valence-electron chi connectivity index (χ1n) is 11.2. The van der Waals surface area contributed by atoms with Crippen molar-refractivity contribution in [2.75, 3.05) is 38.5 Å². The Balaban J connectivity index is 1.30. The number of piperazine rings is 1. The number of hydrogen-bond acceptors (Lipinski definition) is 6. The molecule has 1 aliphatic heterocycles. The van der Waals surface area contributed by atoms with Gasteiger partial charge in [-0.05, 0) is 45.7 Å². The summed E-state index contributed by atoms with van der Waals surface area (Å²) in [4.78, 5) is 29.0. The average molecular weight is 457 g/mol. The summed E-state index contributed by atoms with van der Waals surface area (Å²) in [6, 6.07) is 10.1. The molecule has 2 aromatic rings. The van der Waals surface area contributed by atoms with Crippen LogP contribution >= 0.6 is 11.8 Å². The van der Waals surface area contributed by atoms with E-state index in [0.717, 1.165) is 29.5 Å². The van der Waals surface area contributed by atoms with E-state index in [4.69, 9.17) is 0 Å². The van der Waals surface area contributed by atoms with Gasteiger partial charge in [-0.25, -0.2) is 0 Å².